The van der Waals surface area contributed by atoms with Gasteiger partial charge in [-0.2, -0.15) is 22.0 Å². The third-order valence-corrected chi connectivity index (χ3v) is 5.51. The van der Waals surface area contributed by atoms with Crippen LogP contribution in [-0.2, 0) is 14.3 Å². The lowest BCUT2D eigenvalue weighted by Crippen LogP contribution is -2.47. The highest BCUT2D eigenvalue weighted by molar-refractivity contribution is 5.80. The number of amides is 2. The molecule has 0 aromatic heterocycles. The maximum atomic E-state index is 13.3. The number of rotatable bonds is 9. The summed E-state index contributed by atoms with van der Waals surface area (Å²) in [6.07, 6.45) is -8.15. The summed E-state index contributed by atoms with van der Waals surface area (Å²) < 4.78 is 71.1. The van der Waals surface area contributed by atoms with Crippen LogP contribution in [0.15, 0.2) is 48.5 Å². The van der Waals surface area contributed by atoms with Crippen molar-refractivity contribution in [1.29, 1.82) is 0 Å². The van der Waals surface area contributed by atoms with Gasteiger partial charge in [0.15, 0.2) is 0 Å². The second kappa shape index (κ2) is 10.3. The lowest BCUT2D eigenvalue weighted by atomic mass is 9.98. The van der Waals surface area contributed by atoms with E-state index in [0.29, 0.717) is 0 Å². The molecular formula is C23H21F5N2O5. The standard InChI is InChI=1S/C23H21F5N2O5/c24-22(25,20(32)33)12-29-19(31)10-9-18(23(26,27)28)30-21(34)35-11-17-15-7-3-1-5-13(15)14-6-2-4-8-16(14)17/h1-8,17-18H,9-12H2,(H,29,31)(H,30,34)(H,32,33)/t18-/m0/s1. The Balaban J connectivity index is 1.57. The summed E-state index contributed by atoms with van der Waals surface area (Å²) in [5, 5.41) is 11.5. The van der Waals surface area contributed by atoms with Gasteiger partial charge in [-0.05, 0) is 28.7 Å². The molecule has 7 nitrogen and oxygen atoms in total. The van der Waals surface area contributed by atoms with Crippen molar-refractivity contribution >= 4 is 18.0 Å². The molecule has 0 saturated heterocycles. The third kappa shape index (κ3) is 6.25. The smallest absolute Gasteiger partial charge is 0.408 e. The maximum absolute atomic E-state index is 13.3. The largest absolute Gasteiger partial charge is 0.477 e. The van der Waals surface area contributed by atoms with Crippen LogP contribution in [0.1, 0.15) is 29.9 Å². The van der Waals surface area contributed by atoms with Gasteiger partial charge in [0.1, 0.15) is 12.6 Å². The number of carbonyl (C=O) groups is 3. The van der Waals surface area contributed by atoms with Crippen LogP contribution in [0.4, 0.5) is 26.7 Å². The molecule has 3 N–H and O–H groups in total. The van der Waals surface area contributed by atoms with Crippen molar-refractivity contribution in [3.8, 4) is 11.1 Å². The number of nitrogens with one attached hydrogen (secondary N) is 2. The van der Waals surface area contributed by atoms with Crippen molar-refractivity contribution in [3.05, 3.63) is 59.7 Å². The van der Waals surface area contributed by atoms with Gasteiger partial charge in [0.05, 0.1) is 6.54 Å². The predicted octanol–water partition coefficient (Wildman–Crippen LogP) is 4.07. The van der Waals surface area contributed by atoms with Crippen LogP contribution in [-0.4, -0.2) is 54.4 Å². The van der Waals surface area contributed by atoms with E-state index < -0.39 is 55.5 Å². The van der Waals surface area contributed by atoms with Crippen molar-refractivity contribution in [1.82, 2.24) is 10.6 Å². The van der Waals surface area contributed by atoms with Crippen LogP contribution in [0.25, 0.3) is 11.1 Å². The molecule has 2 aromatic rings. The summed E-state index contributed by atoms with van der Waals surface area (Å²) in [5.41, 5.74) is 3.60. The van der Waals surface area contributed by atoms with Crippen molar-refractivity contribution in [2.45, 2.75) is 36.9 Å². The van der Waals surface area contributed by atoms with Crippen molar-refractivity contribution in [2.75, 3.05) is 13.2 Å². The number of halogens is 5. The molecule has 0 heterocycles. The average molecular weight is 500 g/mol. The van der Waals surface area contributed by atoms with Gasteiger partial charge >= 0.3 is 24.2 Å². The summed E-state index contributed by atoms with van der Waals surface area (Å²) in [6, 6.07) is 12.3. The predicted molar refractivity (Wildman–Crippen MR) is 113 cm³/mol. The first-order valence-electron chi connectivity index (χ1n) is 10.5. The molecular weight excluding hydrogens is 479 g/mol. The van der Waals surface area contributed by atoms with Crippen LogP contribution in [0.5, 0.6) is 0 Å². The number of hydrogen-bond acceptors (Lipinski definition) is 4. The zero-order valence-corrected chi connectivity index (χ0v) is 18.1. The summed E-state index contributed by atoms with van der Waals surface area (Å²) in [5.74, 6) is -8.35. The van der Waals surface area contributed by atoms with Gasteiger partial charge in [0.2, 0.25) is 5.91 Å². The molecule has 0 saturated carbocycles. The fourth-order valence-electron chi connectivity index (χ4n) is 3.75. The highest BCUT2D eigenvalue weighted by Crippen LogP contribution is 2.44. The van der Waals surface area contributed by atoms with Crippen molar-refractivity contribution < 1.29 is 46.2 Å². The molecule has 12 heteroatoms. The summed E-state index contributed by atoms with van der Waals surface area (Å²) in [7, 11) is 0. The highest BCUT2D eigenvalue weighted by atomic mass is 19.4. The highest BCUT2D eigenvalue weighted by Gasteiger charge is 2.42. The first kappa shape index (κ1) is 25.9. The number of fused-ring (bicyclic) bond motifs is 3. The van der Waals surface area contributed by atoms with Gasteiger partial charge in [-0.1, -0.05) is 48.5 Å². The van der Waals surface area contributed by atoms with Crippen LogP contribution < -0.4 is 10.6 Å². The fourth-order valence-corrected chi connectivity index (χ4v) is 3.75. The van der Waals surface area contributed by atoms with Crippen molar-refractivity contribution in [3.63, 3.8) is 0 Å². The van der Waals surface area contributed by atoms with Gasteiger partial charge in [-0.15, -0.1) is 0 Å². The first-order valence-corrected chi connectivity index (χ1v) is 10.5. The topological polar surface area (TPSA) is 105 Å². The van der Waals surface area contributed by atoms with E-state index in [2.05, 4.69) is 0 Å². The van der Waals surface area contributed by atoms with Crippen LogP contribution in [0, 0.1) is 0 Å². The number of alkyl halides is 5. The van der Waals surface area contributed by atoms with E-state index in [1.54, 1.807) is 22.8 Å². The molecule has 1 atom stereocenters. The lowest BCUT2D eigenvalue weighted by Gasteiger charge is -2.22. The van der Waals surface area contributed by atoms with E-state index in [-0.39, 0.29) is 12.5 Å². The number of aliphatic carboxylic acids is 1. The van der Waals surface area contributed by atoms with Gasteiger partial charge in [0, 0.05) is 12.3 Å². The number of carboxylic acid groups (broad SMARTS) is 1. The molecule has 0 spiro atoms. The summed E-state index contributed by atoms with van der Waals surface area (Å²) in [4.78, 5) is 34.1. The molecule has 1 aliphatic rings. The van der Waals surface area contributed by atoms with E-state index in [1.165, 1.54) is 0 Å². The molecule has 2 amide bonds. The molecule has 3 rings (SSSR count). The van der Waals surface area contributed by atoms with E-state index in [9.17, 15) is 36.3 Å². The van der Waals surface area contributed by atoms with Crippen LogP contribution in [0.3, 0.4) is 0 Å². The molecule has 0 unspecified atom stereocenters. The molecule has 0 fully saturated rings. The number of carboxylic acids is 1. The quantitative estimate of drug-likeness (QED) is 0.451. The van der Waals surface area contributed by atoms with Gasteiger partial charge in [-0.25, -0.2) is 9.59 Å². The lowest BCUT2D eigenvalue weighted by molar-refractivity contribution is -0.164. The maximum Gasteiger partial charge on any atom is 0.408 e. The molecule has 0 bridgehead atoms. The molecule has 1 aliphatic carbocycles. The number of alkyl carbamates (subject to hydrolysis) is 1. The van der Waals surface area contributed by atoms with E-state index >= 15 is 0 Å². The fraction of sp³-hybridized carbons (Fsp3) is 0.348. The van der Waals surface area contributed by atoms with Crippen LogP contribution >= 0.6 is 0 Å². The average Bonchev–Trinajstić information content (AvgIpc) is 3.12. The Morgan fingerprint density at radius 3 is 2.00 bits per heavy atom. The zero-order valence-electron chi connectivity index (χ0n) is 18.1. The minimum Gasteiger partial charge on any atom is -0.477 e. The Morgan fingerprint density at radius 1 is 0.943 bits per heavy atom. The molecule has 2 aromatic carbocycles. The SMILES string of the molecule is O=C(CC[C@H](NC(=O)OCC1c2ccccc2-c2ccccc21)C(F)(F)F)NCC(F)(F)C(=O)O. The molecule has 0 radical (unpaired) electrons. The molecule has 35 heavy (non-hydrogen) atoms. The Hall–Kier alpha value is -3.70. The summed E-state index contributed by atoms with van der Waals surface area (Å²) in [6.45, 7) is -1.80. The second-order valence-corrected chi connectivity index (χ2v) is 7.89. The number of ether oxygens (including phenoxy) is 1. The molecule has 0 aliphatic heterocycles. The minimum absolute atomic E-state index is 0.227. The monoisotopic (exact) mass is 500 g/mol. The number of carbonyl (C=O) groups excluding carboxylic acids is 2. The Kier molecular flexibility index (Phi) is 7.61. The Bertz CT molecular complexity index is 1060. The van der Waals surface area contributed by atoms with E-state index in [1.807, 2.05) is 36.4 Å². The number of hydrogen-bond donors (Lipinski definition) is 3. The van der Waals surface area contributed by atoms with Gasteiger partial charge in [0.25, 0.3) is 0 Å². The number of benzene rings is 2. The third-order valence-electron chi connectivity index (χ3n) is 5.51. The van der Waals surface area contributed by atoms with Gasteiger partial charge < -0.3 is 20.5 Å². The van der Waals surface area contributed by atoms with Gasteiger partial charge in [-0.3, -0.25) is 4.79 Å². The second-order valence-electron chi connectivity index (χ2n) is 7.89. The normalized spacial score (nSPS) is 14.0. The summed E-state index contributed by atoms with van der Waals surface area (Å²) >= 11 is 0. The van der Waals surface area contributed by atoms with E-state index in [0.717, 1.165) is 22.3 Å². The Labute approximate surface area is 196 Å². The zero-order chi connectivity index (χ0) is 25.8. The minimum atomic E-state index is -4.95. The van der Waals surface area contributed by atoms with Crippen molar-refractivity contribution in [2.24, 2.45) is 0 Å². The molecule has 188 valence electrons. The first-order chi connectivity index (χ1) is 16.4. The Morgan fingerprint density at radius 2 is 1.49 bits per heavy atom. The van der Waals surface area contributed by atoms with Crippen LogP contribution in [0.2, 0.25) is 0 Å². The van der Waals surface area contributed by atoms with E-state index in [4.69, 9.17) is 9.84 Å².